The normalized spacial score (nSPS) is 25.1. The third-order valence-electron chi connectivity index (χ3n) is 3.16. The van der Waals surface area contributed by atoms with Gasteiger partial charge in [-0.15, -0.1) is 0 Å². The molecule has 1 unspecified atom stereocenters. The molecule has 0 amide bonds. The second-order valence-corrected chi connectivity index (χ2v) is 4.89. The van der Waals surface area contributed by atoms with Gasteiger partial charge in [0.05, 0.1) is 12.2 Å². The molecule has 1 aliphatic heterocycles. The molecule has 0 bridgehead atoms. The van der Waals surface area contributed by atoms with Gasteiger partial charge in [0.15, 0.2) is 0 Å². The molecule has 0 radical (unpaired) electrons. The summed E-state index contributed by atoms with van der Waals surface area (Å²) in [4.78, 5) is 0. The molecule has 1 aromatic carbocycles. The van der Waals surface area contributed by atoms with Gasteiger partial charge in [-0.2, -0.15) is 13.2 Å². The predicted octanol–water partition coefficient (Wildman–Crippen LogP) is 2.76. The minimum Gasteiger partial charge on any atom is -0.380 e. The van der Waals surface area contributed by atoms with E-state index in [-0.39, 0.29) is 0 Å². The van der Waals surface area contributed by atoms with Crippen molar-refractivity contribution in [2.24, 2.45) is 5.73 Å². The minimum atomic E-state index is -4.30. The summed E-state index contributed by atoms with van der Waals surface area (Å²) in [5, 5.41) is 0. The van der Waals surface area contributed by atoms with Crippen LogP contribution in [-0.4, -0.2) is 18.8 Å². The van der Waals surface area contributed by atoms with E-state index in [2.05, 4.69) is 0 Å². The van der Waals surface area contributed by atoms with Crippen molar-refractivity contribution in [3.8, 4) is 0 Å². The summed E-state index contributed by atoms with van der Waals surface area (Å²) in [6.07, 6.45) is -2.25. The number of benzene rings is 1. The van der Waals surface area contributed by atoms with Crippen LogP contribution in [0.15, 0.2) is 24.3 Å². The van der Waals surface area contributed by atoms with Gasteiger partial charge in [0.25, 0.3) is 0 Å². The molecule has 1 atom stereocenters. The van der Waals surface area contributed by atoms with Crippen LogP contribution >= 0.6 is 0 Å². The molecular formula is C13H16F3NO. The number of halogens is 3. The van der Waals surface area contributed by atoms with Crippen LogP contribution < -0.4 is 5.73 Å². The lowest BCUT2D eigenvalue weighted by Crippen LogP contribution is -2.49. The third-order valence-corrected chi connectivity index (χ3v) is 3.16. The summed E-state index contributed by atoms with van der Waals surface area (Å²) in [5.74, 6) is 0. The van der Waals surface area contributed by atoms with E-state index in [1.165, 1.54) is 12.1 Å². The lowest BCUT2D eigenvalue weighted by Gasteiger charge is -2.33. The number of hydrogen-bond acceptors (Lipinski definition) is 2. The molecule has 1 aliphatic rings. The summed E-state index contributed by atoms with van der Waals surface area (Å²) in [5.41, 5.74) is 5.59. The first kappa shape index (κ1) is 13.4. The van der Waals surface area contributed by atoms with Crippen molar-refractivity contribution in [1.29, 1.82) is 0 Å². The van der Waals surface area contributed by atoms with Crippen molar-refractivity contribution in [2.75, 3.05) is 13.2 Å². The SMILES string of the molecule is NC1(Cc2cccc(C(F)(F)F)c2)CCCOC1. The van der Waals surface area contributed by atoms with Crippen LogP contribution in [0.2, 0.25) is 0 Å². The fourth-order valence-corrected chi connectivity index (χ4v) is 2.28. The first-order valence-electron chi connectivity index (χ1n) is 5.92. The molecule has 100 valence electrons. The fourth-order valence-electron chi connectivity index (χ4n) is 2.28. The zero-order valence-electron chi connectivity index (χ0n) is 9.96. The maximum absolute atomic E-state index is 12.6. The highest BCUT2D eigenvalue weighted by molar-refractivity contribution is 5.27. The molecule has 0 saturated carbocycles. The first-order chi connectivity index (χ1) is 8.39. The molecule has 0 aromatic heterocycles. The Morgan fingerprint density at radius 1 is 1.33 bits per heavy atom. The molecule has 1 heterocycles. The van der Waals surface area contributed by atoms with Crippen LogP contribution in [0.5, 0.6) is 0 Å². The Morgan fingerprint density at radius 3 is 2.72 bits per heavy atom. The van der Waals surface area contributed by atoms with Crippen molar-refractivity contribution in [1.82, 2.24) is 0 Å². The molecule has 2 rings (SSSR count). The van der Waals surface area contributed by atoms with Crippen LogP contribution in [0, 0.1) is 0 Å². The molecular weight excluding hydrogens is 243 g/mol. The summed E-state index contributed by atoms with van der Waals surface area (Å²) in [6.45, 7) is 1.09. The van der Waals surface area contributed by atoms with E-state index in [4.69, 9.17) is 10.5 Å². The predicted molar refractivity (Wildman–Crippen MR) is 62.1 cm³/mol. The topological polar surface area (TPSA) is 35.2 Å². The molecule has 0 spiro atoms. The van der Waals surface area contributed by atoms with Gasteiger partial charge in [0.2, 0.25) is 0 Å². The number of alkyl halides is 3. The second-order valence-electron chi connectivity index (χ2n) is 4.89. The molecule has 1 fully saturated rings. The lowest BCUT2D eigenvalue weighted by atomic mass is 9.86. The van der Waals surface area contributed by atoms with Crippen molar-refractivity contribution in [2.45, 2.75) is 31.0 Å². The number of rotatable bonds is 2. The number of ether oxygens (including phenoxy) is 1. The maximum Gasteiger partial charge on any atom is 0.416 e. The van der Waals surface area contributed by atoms with Crippen LogP contribution in [0.1, 0.15) is 24.0 Å². The third kappa shape index (κ3) is 3.23. The van der Waals surface area contributed by atoms with Crippen molar-refractivity contribution in [3.63, 3.8) is 0 Å². The standard InChI is InChI=1S/C13H16F3NO/c14-13(15,16)11-4-1-3-10(7-11)8-12(17)5-2-6-18-9-12/h1,3-4,7H,2,5-6,8-9,17H2. The maximum atomic E-state index is 12.6. The Balaban J connectivity index is 2.14. The van der Waals surface area contributed by atoms with Gasteiger partial charge in [-0.25, -0.2) is 0 Å². The average Bonchev–Trinajstić information content (AvgIpc) is 2.28. The summed E-state index contributed by atoms with van der Waals surface area (Å²) in [7, 11) is 0. The number of nitrogens with two attached hydrogens (primary N) is 1. The Labute approximate surface area is 104 Å². The highest BCUT2D eigenvalue weighted by Gasteiger charge is 2.32. The van der Waals surface area contributed by atoms with Gasteiger partial charge in [0, 0.05) is 12.1 Å². The Hall–Kier alpha value is -1.07. The Morgan fingerprint density at radius 2 is 2.11 bits per heavy atom. The van der Waals surface area contributed by atoms with Crippen molar-refractivity contribution < 1.29 is 17.9 Å². The van der Waals surface area contributed by atoms with E-state index in [0.29, 0.717) is 25.2 Å². The van der Waals surface area contributed by atoms with E-state index >= 15 is 0 Å². The van der Waals surface area contributed by atoms with E-state index in [0.717, 1.165) is 18.9 Å². The minimum absolute atomic E-state index is 0.406. The molecule has 2 nitrogen and oxygen atoms in total. The molecule has 0 aliphatic carbocycles. The number of hydrogen-bond donors (Lipinski definition) is 1. The fraction of sp³-hybridized carbons (Fsp3) is 0.538. The second kappa shape index (κ2) is 4.90. The van der Waals surface area contributed by atoms with E-state index in [1.807, 2.05) is 0 Å². The monoisotopic (exact) mass is 259 g/mol. The molecule has 1 saturated heterocycles. The first-order valence-corrected chi connectivity index (χ1v) is 5.92. The van der Waals surface area contributed by atoms with E-state index in [1.54, 1.807) is 6.07 Å². The molecule has 18 heavy (non-hydrogen) atoms. The van der Waals surface area contributed by atoms with Crippen molar-refractivity contribution >= 4 is 0 Å². The van der Waals surface area contributed by atoms with Crippen LogP contribution in [0.25, 0.3) is 0 Å². The van der Waals surface area contributed by atoms with Crippen LogP contribution in [0.3, 0.4) is 0 Å². The van der Waals surface area contributed by atoms with Gasteiger partial charge < -0.3 is 10.5 Å². The smallest absolute Gasteiger partial charge is 0.380 e. The van der Waals surface area contributed by atoms with Gasteiger partial charge in [-0.05, 0) is 30.9 Å². The quantitative estimate of drug-likeness (QED) is 0.886. The van der Waals surface area contributed by atoms with Gasteiger partial charge in [-0.3, -0.25) is 0 Å². The highest BCUT2D eigenvalue weighted by Crippen LogP contribution is 2.30. The van der Waals surface area contributed by atoms with Gasteiger partial charge in [-0.1, -0.05) is 18.2 Å². The van der Waals surface area contributed by atoms with Gasteiger partial charge >= 0.3 is 6.18 Å². The average molecular weight is 259 g/mol. The summed E-state index contributed by atoms with van der Waals surface area (Å²) >= 11 is 0. The van der Waals surface area contributed by atoms with Crippen LogP contribution in [-0.2, 0) is 17.3 Å². The van der Waals surface area contributed by atoms with Crippen molar-refractivity contribution in [3.05, 3.63) is 35.4 Å². The highest BCUT2D eigenvalue weighted by atomic mass is 19.4. The largest absolute Gasteiger partial charge is 0.416 e. The van der Waals surface area contributed by atoms with E-state index < -0.39 is 17.3 Å². The Bertz CT molecular complexity index is 411. The molecule has 5 heteroatoms. The molecule has 1 aromatic rings. The zero-order valence-corrected chi connectivity index (χ0v) is 9.96. The lowest BCUT2D eigenvalue weighted by molar-refractivity contribution is -0.137. The van der Waals surface area contributed by atoms with E-state index in [9.17, 15) is 13.2 Å². The molecule has 2 N–H and O–H groups in total. The summed E-state index contributed by atoms with van der Waals surface area (Å²) < 4.78 is 43.1. The summed E-state index contributed by atoms with van der Waals surface area (Å²) in [6, 6.07) is 5.34. The van der Waals surface area contributed by atoms with Crippen LogP contribution in [0.4, 0.5) is 13.2 Å². The van der Waals surface area contributed by atoms with Gasteiger partial charge in [0.1, 0.15) is 0 Å². The zero-order chi connectivity index (χ0) is 13.2. The Kier molecular flexibility index (Phi) is 3.64.